The third-order valence-electron chi connectivity index (χ3n) is 5.02. The van der Waals surface area contributed by atoms with Gasteiger partial charge in [0.1, 0.15) is 10.9 Å². The van der Waals surface area contributed by atoms with Crippen LogP contribution in [0.5, 0.6) is 0 Å². The predicted octanol–water partition coefficient (Wildman–Crippen LogP) is 2.21. The summed E-state index contributed by atoms with van der Waals surface area (Å²) in [4.78, 5) is 0. The Morgan fingerprint density at radius 3 is 2.06 bits per heavy atom. The lowest BCUT2D eigenvalue weighted by Crippen LogP contribution is -2.36. The van der Waals surface area contributed by atoms with E-state index in [0.29, 0.717) is 5.95 Å². The van der Waals surface area contributed by atoms with Crippen molar-refractivity contribution in [1.29, 1.82) is 0 Å². The molecule has 0 radical (unpaired) electrons. The number of hydrogen-bond donors (Lipinski definition) is 3. The molecule has 0 aliphatic rings. The van der Waals surface area contributed by atoms with Crippen molar-refractivity contribution in [3.8, 4) is 11.4 Å². The molecule has 0 bridgehead atoms. The smallest absolute Gasteiger partial charge is 0.366 e. The molecule has 0 amide bonds. The summed E-state index contributed by atoms with van der Waals surface area (Å²) in [6.07, 6.45) is 0. The van der Waals surface area contributed by atoms with Crippen LogP contribution in [0.4, 0.5) is 11.9 Å². The number of nitrogens with one attached hydrogen (secondary N) is 1. The van der Waals surface area contributed by atoms with E-state index in [0.717, 1.165) is 32.9 Å². The average molecular weight is 423 g/mol. The first kappa shape index (κ1) is 19.1. The fourth-order valence-electron chi connectivity index (χ4n) is 3.55. The van der Waals surface area contributed by atoms with Crippen LogP contribution in [-0.4, -0.2) is 35.7 Å². The summed E-state index contributed by atoms with van der Waals surface area (Å²) in [6, 6.07) is 28.1. The van der Waals surface area contributed by atoms with Gasteiger partial charge in [-0.2, -0.15) is 4.68 Å². The van der Waals surface area contributed by atoms with Gasteiger partial charge in [0, 0.05) is 10.8 Å². The van der Waals surface area contributed by atoms with E-state index in [9.17, 15) is 0 Å². The molecule has 6 rings (SSSR count). The number of H-pyrrole nitrogens is 1. The minimum atomic E-state index is 0.288. The van der Waals surface area contributed by atoms with Crippen LogP contribution in [0.1, 0.15) is 0 Å². The molecular formula is C22H19N10+. The first-order valence-corrected chi connectivity index (χ1v) is 9.81. The fraction of sp³-hybridized carbons (Fsp3) is 0. The van der Waals surface area contributed by atoms with Crippen molar-refractivity contribution < 1.29 is 4.68 Å². The Kier molecular flexibility index (Phi) is 4.85. The van der Waals surface area contributed by atoms with Crippen molar-refractivity contribution in [2.45, 2.75) is 0 Å². The van der Waals surface area contributed by atoms with E-state index in [1.165, 1.54) is 4.68 Å². The normalized spacial score (nSPS) is 10.8. The minimum Gasteiger partial charge on any atom is -0.366 e. The molecule has 0 fully saturated rings. The second-order valence-corrected chi connectivity index (χ2v) is 6.94. The molecule has 0 saturated heterocycles. The predicted molar refractivity (Wildman–Crippen MR) is 121 cm³/mol. The highest BCUT2D eigenvalue weighted by atomic mass is 15.6. The molecule has 0 atom stereocenters. The lowest BCUT2D eigenvalue weighted by atomic mass is 10.1. The topological polar surface area (TPSA) is 141 Å². The maximum Gasteiger partial charge on any atom is 0.402 e. The third kappa shape index (κ3) is 3.45. The second-order valence-electron chi connectivity index (χ2n) is 6.94. The van der Waals surface area contributed by atoms with Gasteiger partial charge in [0.2, 0.25) is 5.95 Å². The van der Waals surface area contributed by atoms with Gasteiger partial charge in [-0.1, -0.05) is 83.1 Å². The monoisotopic (exact) mass is 423 g/mol. The maximum absolute atomic E-state index is 5.72. The molecule has 4 aromatic carbocycles. The summed E-state index contributed by atoms with van der Waals surface area (Å²) in [5.74, 6) is 0.632. The van der Waals surface area contributed by atoms with Crippen LogP contribution >= 0.6 is 0 Å². The van der Waals surface area contributed by atoms with Gasteiger partial charge in [-0.05, 0) is 33.3 Å². The molecule has 0 unspecified atom stereocenters. The molecule has 5 N–H and O–H groups in total. The molecule has 2 aromatic heterocycles. The number of aromatic amines is 1. The van der Waals surface area contributed by atoms with E-state index >= 15 is 0 Å². The van der Waals surface area contributed by atoms with E-state index in [1.807, 2.05) is 72.8 Å². The van der Waals surface area contributed by atoms with Gasteiger partial charge in [-0.25, -0.2) is 0 Å². The van der Waals surface area contributed by atoms with E-state index < -0.39 is 0 Å². The number of nitrogens with zero attached hydrogens (tertiary/aromatic N) is 7. The van der Waals surface area contributed by atoms with Gasteiger partial charge < -0.3 is 11.5 Å². The van der Waals surface area contributed by atoms with Crippen molar-refractivity contribution >= 4 is 33.4 Å². The Morgan fingerprint density at radius 2 is 1.38 bits per heavy atom. The summed E-state index contributed by atoms with van der Waals surface area (Å²) in [5, 5.41) is 25.7. The Morgan fingerprint density at radius 1 is 0.719 bits per heavy atom. The molecule has 0 aliphatic carbocycles. The van der Waals surface area contributed by atoms with Crippen LogP contribution in [0.3, 0.4) is 0 Å². The van der Waals surface area contributed by atoms with Gasteiger partial charge in [0.05, 0.1) is 10.8 Å². The summed E-state index contributed by atoms with van der Waals surface area (Å²) < 4.78 is 3.19. The zero-order chi connectivity index (χ0) is 21.9. The highest BCUT2D eigenvalue weighted by Gasteiger charge is 2.13. The standard InChI is InChI=1S/2C11H9N5/c2*12-11-13-14-15-16(11)10-7-3-5-8-4-1-2-6-9(8)10/h2*1-7H,(H2,12,13,15)/p+1. The summed E-state index contributed by atoms with van der Waals surface area (Å²) in [5.41, 5.74) is 13.2. The van der Waals surface area contributed by atoms with Crippen molar-refractivity contribution in [1.82, 2.24) is 35.7 Å². The zero-order valence-corrected chi connectivity index (χ0v) is 16.9. The van der Waals surface area contributed by atoms with Gasteiger partial charge in [-0.3, -0.25) is 0 Å². The van der Waals surface area contributed by atoms with Crippen molar-refractivity contribution in [2.75, 3.05) is 11.5 Å². The van der Waals surface area contributed by atoms with Crippen LogP contribution < -0.4 is 16.1 Å². The Balaban J connectivity index is 0.000000135. The van der Waals surface area contributed by atoms with E-state index in [-0.39, 0.29) is 5.95 Å². The first-order valence-electron chi connectivity index (χ1n) is 9.81. The van der Waals surface area contributed by atoms with Crippen LogP contribution in [0.2, 0.25) is 0 Å². The summed E-state index contributed by atoms with van der Waals surface area (Å²) in [7, 11) is 0. The third-order valence-corrected chi connectivity index (χ3v) is 5.02. The second kappa shape index (κ2) is 8.11. The Hall–Kier alpha value is -4.86. The Bertz CT molecular complexity index is 1390. The van der Waals surface area contributed by atoms with E-state index in [2.05, 4.69) is 43.2 Å². The van der Waals surface area contributed by atoms with E-state index in [1.54, 1.807) is 4.68 Å². The molecular weight excluding hydrogens is 404 g/mol. The molecule has 0 aliphatic heterocycles. The molecule has 0 saturated carbocycles. The van der Waals surface area contributed by atoms with Gasteiger partial charge >= 0.3 is 5.95 Å². The molecule has 156 valence electrons. The van der Waals surface area contributed by atoms with Crippen LogP contribution in [-0.2, 0) is 0 Å². The highest BCUT2D eigenvalue weighted by Crippen LogP contribution is 2.22. The molecule has 10 nitrogen and oxygen atoms in total. The average Bonchev–Trinajstić information content (AvgIpc) is 3.46. The number of benzene rings is 4. The zero-order valence-electron chi connectivity index (χ0n) is 16.9. The first-order chi connectivity index (χ1) is 15.7. The largest absolute Gasteiger partial charge is 0.402 e. The van der Waals surface area contributed by atoms with Crippen molar-refractivity contribution in [3.63, 3.8) is 0 Å². The molecule has 6 aromatic rings. The minimum absolute atomic E-state index is 0.288. The summed E-state index contributed by atoms with van der Waals surface area (Å²) >= 11 is 0. The van der Waals surface area contributed by atoms with Crippen molar-refractivity contribution in [2.24, 2.45) is 0 Å². The highest BCUT2D eigenvalue weighted by molar-refractivity contribution is 5.90. The molecule has 2 heterocycles. The Labute approximate surface area is 182 Å². The van der Waals surface area contributed by atoms with Gasteiger partial charge in [-0.15, -0.1) is 4.68 Å². The van der Waals surface area contributed by atoms with E-state index in [4.69, 9.17) is 11.5 Å². The number of tetrazole rings is 2. The number of anilines is 2. The van der Waals surface area contributed by atoms with Crippen LogP contribution in [0, 0.1) is 0 Å². The van der Waals surface area contributed by atoms with Gasteiger partial charge in [0.15, 0.2) is 0 Å². The number of rotatable bonds is 2. The number of fused-ring (bicyclic) bond motifs is 2. The summed E-state index contributed by atoms with van der Waals surface area (Å²) in [6.45, 7) is 0. The maximum atomic E-state index is 5.72. The van der Waals surface area contributed by atoms with Crippen LogP contribution in [0.15, 0.2) is 84.9 Å². The quantitative estimate of drug-likeness (QED) is 0.363. The lowest BCUT2D eigenvalue weighted by molar-refractivity contribution is -0.644. The fourth-order valence-corrected chi connectivity index (χ4v) is 3.55. The molecule has 0 spiro atoms. The van der Waals surface area contributed by atoms with Crippen molar-refractivity contribution in [3.05, 3.63) is 84.9 Å². The number of nitrogens with two attached hydrogens (primary N) is 2. The molecule has 32 heavy (non-hydrogen) atoms. The van der Waals surface area contributed by atoms with Gasteiger partial charge in [0.25, 0.3) is 0 Å². The number of hydrogen-bond acceptors (Lipinski definition) is 7. The molecule has 10 heteroatoms. The van der Waals surface area contributed by atoms with Crippen LogP contribution in [0.25, 0.3) is 32.9 Å². The SMILES string of the molecule is Nc1nn[nH][n+]1-c1cccc2ccccc12.Nc1nnnn1-c1cccc2ccccc12. The number of aromatic nitrogens is 8. The number of nitrogen functional groups attached to an aromatic ring is 2. The lowest BCUT2D eigenvalue weighted by Gasteiger charge is -2.05.